The van der Waals surface area contributed by atoms with E-state index in [1.54, 1.807) is 12.3 Å². The average Bonchev–Trinajstić information content (AvgIpc) is 3.11. The Hall–Kier alpha value is -2.59. The number of hydrogen-bond donors (Lipinski definition) is 2. The molecule has 0 aliphatic carbocycles. The fourth-order valence-corrected chi connectivity index (χ4v) is 3.80. The summed E-state index contributed by atoms with van der Waals surface area (Å²) in [5.41, 5.74) is 6.22. The highest BCUT2D eigenvalue weighted by molar-refractivity contribution is 6.34. The van der Waals surface area contributed by atoms with Crippen molar-refractivity contribution in [1.29, 1.82) is 0 Å². The van der Waals surface area contributed by atoms with Crippen LogP contribution in [0.2, 0.25) is 10.0 Å². The highest BCUT2D eigenvalue weighted by Crippen LogP contribution is 2.31. The largest absolute Gasteiger partial charge is 0.392 e. The van der Waals surface area contributed by atoms with Crippen LogP contribution in [-0.2, 0) is 6.61 Å². The van der Waals surface area contributed by atoms with E-state index in [-0.39, 0.29) is 6.61 Å². The summed E-state index contributed by atoms with van der Waals surface area (Å²) in [5, 5.41) is 11.8. The Balaban J connectivity index is 0.000000224. The first kappa shape index (κ1) is 21.1. The van der Waals surface area contributed by atoms with Crippen LogP contribution in [0.15, 0.2) is 67.0 Å². The van der Waals surface area contributed by atoms with Crippen molar-refractivity contribution < 1.29 is 5.11 Å². The number of hydrogen-bond acceptors (Lipinski definition) is 2. The van der Waals surface area contributed by atoms with Crippen LogP contribution in [0.1, 0.15) is 23.6 Å². The molecule has 4 rings (SSSR count). The molecule has 2 aromatic heterocycles. The Morgan fingerprint density at radius 1 is 1.07 bits per heavy atom. The Morgan fingerprint density at radius 2 is 1.83 bits per heavy atom. The highest BCUT2D eigenvalue weighted by atomic mass is 35.5. The van der Waals surface area contributed by atoms with Gasteiger partial charge in [0.1, 0.15) is 5.65 Å². The van der Waals surface area contributed by atoms with Crippen molar-refractivity contribution in [1.82, 2.24) is 9.97 Å². The van der Waals surface area contributed by atoms with Gasteiger partial charge in [0.15, 0.2) is 0 Å². The van der Waals surface area contributed by atoms with Crippen molar-refractivity contribution in [2.24, 2.45) is 0 Å². The van der Waals surface area contributed by atoms with E-state index in [1.807, 2.05) is 62.5 Å². The third kappa shape index (κ3) is 5.27. The van der Waals surface area contributed by atoms with Gasteiger partial charge in [-0.2, -0.15) is 0 Å². The van der Waals surface area contributed by atoms with Crippen molar-refractivity contribution >= 4 is 40.3 Å². The molecule has 0 bridgehead atoms. The van der Waals surface area contributed by atoms with Gasteiger partial charge in [0.2, 0.25) is 0 Å². The van der Waals surface area contributed by atoms with Crippen molar-refractivity contribution in [2.45, 2.75) is 20.5 Å². The summed E-state index contributed by atoms with van der Waals surface area (Å²) < 4.78 is 0. The topological polar surface area (TPSA) is 48.9 Å². The number of aryl methyl sites for hydroxylation is 1. The van der Waals surface area contributed by atoms with E-state index in [9.17, 15) is 5.11 Å². The normalized spacial score (nSPS) is 10.9. The van der Waals surface area contributed by atoms with E-state index in [2.05, 4.69) is 22.1 Å². The second-order valence-corrected chi connectivity index (χ2v) is 7.50. The van der Waals surface area contributed by atoms with Crippen molar-refractivity contribution in [3.05, 3.63) is 93.7 Å². The molecule has 0 atom stereocenters. The van der Waals surface area contributed by atoms with E-state index in [1.165, 1.54) is 0 Å². The Kier molecular flexibility index (Phi) is 7.10. The molecule has 5 heteroatoms. The smallest absolute Gasteiger partial charge is 0.138 e. The lowest BCUT2D eigenvalue weighted by Gasteiger charge is -2.06. The third-order valence-corrected chi connectivity index (χ3v) is 4.81. The van der Waals surface area contributed by atoms with Gasteiger partial charge in [0.05, 0.1) is 6.61 Å². The molecule has 4 aromatic rings. The minimum absolute atomic E-state index is 0.0525. The van der Waals surface area contributed by atoms with Crippen LogP contribution in [0, 0.1) is 6.92 Å². The van der Waals surface area contributed by atoms with Crippen molar-refractivity contribution in [2.75, 3.05) is 0 Å². The predicted molar refractivity (Wildman–Crippen MR) is 123 cm³/mol. The van der Waals surface area contributed by atoms with E-state index in [4.69, 9.17) is 23.2 Å². The SMILES string of the molecule is C/C=C/c1c[nH]c2nccc(-c3cccc(CO)c3)c12.Cc1cc(Cl)cc(Cl)c1. The van der Waals surface area contributed by atoms with Gasteiger partial charge in [-0.15, -0.1) is 0 Å². The lowest BCUT2D eigenvalue weighted by Crippen LogP contribution is -1.87. The second kappa shape index (κ2) is 9.75. The summed E-state index contributed by atoms with van der Waals surface area (Å²) in [6, 6.07) is 15.4. The zero-order chi connectivity index (χ0) is 20.8. The number of nitrogens with zero attached hydrogens (tertiary/aromatic N) is 1. The predicted octanol–water partition coefficient (Wildman–Crippen LogP) is 7.06. The van der Waals surface area contributed by atoms with Gasteiger partial charge in [-0.25, -0.2) is 4.98 Å². The summed E-state index contributed by atoms with van der Waals surface area (Å²) in [6.45, 7) is 4.01. The van der Waals surface area contributed by atoms with Crippen LogP contribution in [-0.4, -0.2) is 15.1 Å². The van der Waals surface area contributed by atoms with Gasteiger partial charge in [-0.3, -0.25) is 0 Å². The molecule has 3 nitrogen and oxygen atoms in total. The molecule has 2 heterocycles. The molecule has 2 N–H and O–H groups in total. The molecule has 0 saturated carbocycles. The first-order valence-electron chi connectivity index (χ1n) is 9.23. The molecule has 0 aliphatic rings. The zero-order valence-corrected chi connectivity index (χ0v) is 17.8. The molecule has 0 aliphatic heterocycles. The standard InChI is InChI=1S/C17H16N2O.C7H6Cl2/c1-2-4-14-10-19-17-16(14)15(7-8-18-17)13-6-3-5-12(9-13)11-20;1-5-2-6(8)4-7(9)3-5/h2-10,20H,11H2,1H3,(H,18,19);2-4H,1H3/b4-2+;. The first-order valence-corrected chi connectivity index (χ1v) is 9.99. The molecule has 0 spiro atoms. The number of rotatable bonds is 3. The molecule has 29 heavy (non-hydrogen) atoms. The van der Waals surface area contributed by atoms with Crippen molar-refractivity contribution in [3.8, 4) is 11.1 Å². The fraction of sp³-hybridized carbons (Fsp3) is 0.125. The number of fused-ring (bicyclic) bond motifs is 1. The van der Waals surface area contributed by atoms with Crippen molar-refractivity contribution in [3.63, 3.8) is 0 Å². The number of aromatic nitrogens is 2. The van der Waals surface area contributed by atoms with Gasteiger partial charge in [-0.05, 0) is 66.4 Å². The number of aliphatic hydroxyl groups excluding tert-OH is 1. The van der Waals surface area contributed by atoms with Gasteiger partial charge in [-0.1, -0.05) is 53.6 Å². The van der Waals surface area contributed by atoms with Crippen LogP contribution < -0.4 is 0 Å². The summed E-state index contributed by atoms with van der Waals surface area (Å²) >= 11 is 11.3. The maximum atomic E-state index is 9.29. The number of nitrogens with one attached hydrogen (secondary N) is 1. The lowest BCUT2D eigenvalue weighted by molar-refractivity contribution is 0.282. The van der Waals surface area contributed by atoms with Crippen LogP contribution >= 0.6 is 23.2 Å². The number of benzene rings is 2. The molecule has 0 amide bonds. The number of H-pyrrole nitrogens is 1. The molecule has 148 valence electrons. The van der Waals surface area contributed by atoms with Crippen LogP contribution in [0.5, 0.6) is 0 Å². The molecule has 0 saturated heterocycles. The lowest BCUT2D eigenvalue weighted by atomic mass is 9.99. The summed E-state index contributed by atoms with van der Waals surface area (Å²) in [5.74, 6) is 0. The third-order valence-electron chi connectivity index (χ3n) is 4.38. The molecule has 0 radical (unpaired) electrons. The number of halogens is 2. The second-order valence-electron chi connectivity index (χ2n) is 6.63. The average molecular weight is 425 g/mol. The van der Waals surface area contributed by atoms with E-state index >= 15 is 0 Å². The minimum Gasteiger partial charge on any atom is -0.392 e. The Morgan fingerprint density at radius 3 is 2.48 bits per heavy atom. The summed E-state index contributed by atoms with van der Waals surface area (Å²) in [6.07, 6.45) is 7.86. The highest BCUT2D eigenvalue weighted by Gasteiger charge is 2.09. The van der Waals surface area contributed by atoms with E-state index in [0.717, 1.165) is 38.9 Å². The van der Waals surface area contributed by atoms with Crippen LogP contribution in [0.4, 0.5) is 0 Å². The molecule has 2 aromatic carbocycles. The first-order chi connectivity index (χ1) is 14.0. The van der Waals surface area contributed by atoms with Gasteiger partial charge in [0, 0.05) is 33.4 Å². The van der Waals surface area contributed by atoms with E-state index < -0.39 is 0 Å². The maximum Gasteiger partial charge on any atom is 0.138 e. The van der Waals surface area contributed by atoms with Crippen LogP contribution in [0.25, 0.3) is 28.2 Å². The summed E-state index contributed by atoms with van der Waals surface area (Å²) in [7, 11) is 0. The number of aliphatic hydroxyl groups is 1. The van der Waals surface area contributed by atoms with E-state index in [0.29, 0.717) is 10.0 Å². The zero-order valence-electron chi connectivity index (χ0n) is 16.3. The van der Waals surface area contributed by atoms with Gasteiger partial charge >= 0.3 is 0 Å². The Labute approximate surface area is 180 Å². The van der Waals surface area contributed by atoms with Crippen LogP contribution in [0.3, 0.4) is 0 Å². The molecular weight excluding hydrogens is 403 g/mol. The molecule has 0 fully saturated rings. The van der Waals surface area contributed by atoms with Gasteiger partial charge < -0.3 is 10.1 Å². The van der Waals surface area contributed by atoms with Gasteiger partial charge in [0.25, 0.3) is 0 Å². The Bertz CT molecular complexity index is 1100. The monoisotopic (exact) mass is 424 g/mol. The maximum absolute atomic E-state index is 9.29. The molecule has 0 unspecified atom stereocenters. The minimum atomic E-state index is 0.0525. The molecular formula is C24H22Cl2N2O. The number of pyridine rings is 1. The quantitative estimate of drug-likeness (QED) is 0.369. The fourth-order valence-electron chi connectivity index (χ4n) is 3.16. The number of aromatic amines is 1. The summed E-state index contributed by atoms with van der Waals surface area (Å²) in [4.78, 5) is 7.57. The number of allylic oxidation sites excluding steroid dienone is 1.